The predicted molar refractivity (Wildman–Crippen MR) is 114 cm³/mol. The molecule has 2 heterocycles. The van der Waals surface area contributed by atoms with Crippen molar-refractivity contribution in [3.63, 3.8) is 0 Å². The molecule has 2 amide bonds. The third kappa shape index (κ3) is 4.52. The number of carbonyl (C=O) groups excluding carboxylic acids is 2. The molecule has 0 saturated carbocycles. The number of hydrogen-bond acceptors (Lipinski definition) is 3. The lowest BCUT2D eigenvalue weighted by atomic mass is 9.94. The van der Waals surface area contributed by atoms with Crippen LogP contribution in [0.25, 0.3) is 10.8 Å². The molecule has 2 fully saturated rings. The van der Waals surface area contributed by atoms with Gasteiger partial charge in [0.2, 0.25) is 11.8 Å². The molecule has 2 aromatic rings. The van der Waals surface area contributed by atoms with Crippen LogP contribution >= 0.6 is 11.8 Å². The fraction of sp³-hybridized carbons (Fsp3) is 0.478. The second-order valence-electron chi connectivity index (χ2n) is 7.84. The molecule has 5 heteroatoms. The zero-order chi connectivity index (χ0) is 19.3. The van der Waals surface area contributed by atoms with Gasteiger partial charge >= 0.3 is 0 Å². The number of nitrogens with zero attached hydrogens (tertiary/aromatic N) is 2. The van der Waals surface area contributed by atoms with Crippen molar-refractivity contribution < 1.29 is 9.59 Å². The minimum absolute atomic E-state index is 0.107. The Morgan fingerprint density at radius 3 is 2.32 bits per heavy atom. The Morgan fingerprint density at radius 1 is 0.857 bits per heavy atom. The normalized spacial score (nSPS) is 18.4. The Labute approximate surface area is 171 Å². The van der Waals surface area contributed by atoms with E-state index in [0.29, 0.717) is 24.7 Å². The molecule has 0 aliphatic carbocycles. The average molecular weight is 397 g/mol. The van der Waals surface area contributed by atoms with Gasteiger partial charge in [0.15, 0.2) is 0 Å². The first-order valence-corrected chi connectivity index (χ1v) is 11.4. The monoisotopic (exact) mass is 396 g/mol. The Morgan fingerprint density at radius 2 is 1.57 bits per heavy atom. The van der Waals surface area contributed by atoms with Gasteiger partial charge in [0.25, 0.3) is 0 Å². The molecular weight excluding hydrogens is 368 g/mol. The first-order valence-electron chi connectivity index (χ1n) is 10.4. The quantitative estimate of drug-likeness (QED) is 0.728. The largest absolute Gasteiger partial charge is 0.342 e. The molecular formula is C23H28N2O2S. The Hall–Kier alpha value is -2.01. The third-order valence-corrected chi connectivity index (χ3v) is 6.93. The lowest BCUT2D eigenvalue weighted by molar-refractivity contribution is -0.140. The van der Waals surface area contributed by atoms with E-state index in [0.717, 1.165) is 43.7 Å². The third-order valence-electron chi connectivity index (χ3n) is 5.95. The van der Waals surface area contributed by atoms with E-state index in [1.54, 1.807) is 11.8 Å². The van der Waals surface area contributed by atoms with Crippen LogP contribution in [0.1, 0.15) is 32.1 Å². The van der Waals surface area contributed by atoms with Crippen molar-refractivity contribution in [2.24, 2.45) is 5.92 Å². The van der Waals surface area contributed by atoms with Crippen molar-refractivity contribution in [1.29, 1.82) is 0 Å². The number of thioether (sulfide) groups is 1. The summed E-state index contributed by atoms with van der Waals surface area (Å²) in [5, 5.41) is 2.43. The molecule has 4 nitrogen and oxygen atoms in total. The minimum atomic E-state index is 0.107. The summed E-state index contributed by atoms with van der Waals surface area (Å²) in [5.74, 6) is 1.07. The highest BCUT2D eigenvalue weighted by Gasteiger charge is 2.30. The SMILES string of the molecule is O=C(CSc1ccc2ccccc2c1)N1CCC(C(=O)N2CCCCC2)CC1. The Balaban J connectivity index is 1.26. The molecule has 2 aliphatic rings. The van der Waals surface area contributed by atoms with Crippen molar-refractivity contribution in [2.75, 3.05) is 31.9 Å². The molecule has 148 valence electrons. The standard InChI is InChI=1S/C23H28N2O2S/c26-22(17-28-21-9-8-18-6-2-3-7-20(18)16-21)24-14-10-19(11-15-24)23(27)25-12-4-1-5-13-25/h2-3,6-9,16,19H,1,4-5,10-15,17H2. The molecule has 4 rings (SSSR count). The molecule has 0 radical (unpaired) electrons. The van der Waals surface area contributed by atoms with Crippen LogP contribution in [0, 0.1) is 5.92 Å². The molecule has 2 aliphatic heterocycles. The van der Waals surface area contributed by atoms with E-state index in [-0.39, 0.29) is 11.8 Å². The van der Waals surface area contributed by atoms with Gasteiger partial charge in [-0.05, 0) is 55.0 Å². The number of piperidine rings is 2. The molecule has 0 spiro atoms. The summed E-state index contributed by atoms with van der Waals surface area (Å²) in [4.78, 5) is 30.4. The first kappa shape index (κ1) is 19.3. The number of carbonyl (C=O) groups is 2. The lowest BCUT2D eigenvalue weighted by Gasteiger charge is -2.35. The maximum atomic E-state index is 12.7. The fourth-order valence-electron chi connectivity index (χ4n) is 4.24. The summed E-state index contributed by atoms with van der Waals surface area (Å²) in [5.41, 5.74) is 0. The molecule has 0 unspecified atom stereocenters. The van der Waals surface area contributed by atoms with Crippen LogP contribution in [0.5, 0.6) is 0 Å². The summed E-state index contributed by atoms with van der Waals surface area (Å²) in [6.07, 6.45) is 5.12. The summed E-state index contributed by atoms with van der Waals surface area (Å²) in [7, 11) is 0. The number of likely N-dealkylation sites (tertiary alicyclic amines) is 2. The number of fused-ring (bicyclic) bond motifs is 1. The van der Waals surface area contributed by atoms with E-state index in [1.165, 1.54) is 17.2 Å². The molecule has 0 N–H and O–H groups in total. The highest BCUT2D eigenvalue weighted by atomic mass is 32.2. The van der Waals surface area contributed by atoms with Crippen molar-refractivity contribution >= 4 is 34.3 Å². The van der Waals surface area contributed by atoms with Crippen LogP contribution in [0.3, 0.4) is 0 Å². The lowest BCUT2D eigenvalue weighted by Crippen LogP contribution is -2.46. The topological polar surface area (TPSA) is 40.6 Å². The van der Waals surface area contributed by atoms with Gasteiger partial charge in [-0.15, -0.1) is 11.8 Å². The van der Waals surface area contributed by atoms with Gasteiger partial charge in [-0.25, -0.2) is 0 Å². The minimum Gasteiger partial charge on any atom is -0.342 e. The average Bonchev–Trinajstić information content (AvgIpc) is 2.77. The van der Waals surface area contributed by atoms with E-state index >= 15 is 0 Å². The number of amides is 2. The maximum Gasteiger partial charge on any atom is 0.232 e. The van der Waals surface area contributed by atoms with E-state index in [1.807, 2.05) is 21.9 Å². The first-order chi connectivity index (χ1) is 13.7. The van der Waals surface area contributed by atoms with Crippen LogP contribution in [0.4, 0.5) is 0 Å². The summed E-state index contributed by atoms with van der Waals surface area (Å²) < 4.78 is 0. The summed E-state index contributed by atoms with van der Waals surface area (Å²) >= 11 is 1.60. The van der Waals surface area contributed by atoms with Crippen LogP contribution in [-0.4, -0.2) is 53.5 Å². The van der Waals surface area contributed by atoms with Crippen molar-refractivity contribution in [1.82, 2.24) is 9.80 Å². The molecule has 28 heavy (non-hydrogen) atoms. The van der Waals surface area contributed by atoms with Crippen LogP contribution in [0.2, 0.25) is 0 Å². The zero-order valence-electron chi connectivity index (χ0n) is 16.3. The molecule has 2 saturated heterocycles. The number of rotatable bonds is 4. The van der Waals surface area contributed by atoms with E-state index in [2.05, 4.69) is 30.3 Å². The molecule has 0 aromatic heterocycles. The van der Waals surface area contributed by atoms with Crippen molar-refractivity contribution in [3.8, 4) is 0 Å². The zero-order valence-corrected chi connectivity index (χ0v) is 17.1. The smallest absolute Gasteiger partial charge is 0.232 e. The van der Waals surface area contributed by atoms with Crippen LogP contribution in [-0.2, 0) is 9.59 Å². The second kappa shape index (κ2) is 8.99. The van der Waals surface area contributed by atoms with Gasteiger partial charge in [-0.3, -0.25) is 9.59 Å². The number of benzene rings is 2. The fourth-order valence-corrected chi connectivity index (χ4v) is 5.09. The van der Waals surface area contributed by atoms with Crippen molar-refractivity contribution in [3.05, 3.63) is 42.5 Å². The van der Waals surface area contributed by atoms with Gasteiger partial charge in [0, 0.05) is 37.0 Å². The molecule has 0 atom stereocenters. The number of hydrogen-bond donors (Lipinski definition) is 0. The van der Waals surface area contributed by atoms with Crippen molar-refractivity contribution in [2.45, 2.75) is 37.0 Å². The van der Waals surface area contributed by atoms with E-state index in [4.69, 9.17) is 0 Å². The Bertz CT molecular complexity index is 839. The summed E-state index contributed by atoms with van der Waals surface area (Å²) in [6.45, 7) is 3.25. The van der Waals surface area contributed by atoms with E-state index in [9.17, 15) is 9.59 Å². The highest BCUT2D eigenvalue weighted by molar-refractivity contribution is 8.00. The summed E-state index contributed by atoms with van der Waals surface area (Å²) in [6, 6.07) is 14.6. The van der Waals surface area contributed by atoms with E-state index < -0.39 is 0 Å². The van der Waals surface area contributed by atoms with Gasteiger partial charge in [-0.2, -0.15) is 0 Å². The van der Waals surface area contributed by atoms with Crippen LogP contribution in [0.15, 0.2) is 47.4 Å². The predicted octanol–water partition coefficient (Wildman–Crippen LogP) is 4.18. The Kier molecular flexibility index (Phi) is 6.20. The molecule has 2 aromatic carbocycles. The molecule has 0 bridgehead atoms. The van der Waals surface area contributed by atoms with Gasteiger partial charge < -0.3 is 9.80 Å². The van der Waals surface area contributed by atoms with Gasteiger partial charge in [0.1, 0.15) is 0 Å². The second-order valence-corrected chi connectivity index (χ2v) is 8.89. The van der Waals surface area contributed by atoms with Gasteiger partial charge in [-0.1, -0.05) is 30.3 Å². The maximum absolute atomic E-state index is 12.7. The van der Waals surface area contributed by atoms with Gasteiger partial charge in [0.05, 0.1) is 5.75 Å². The highest BCUT2D eigenvalue weighted by Crippen LogP contribution is 2.26. The van der Waals surface area contributed by atoms with Crippen LogP contribution < -0.4 is 0 Å².